The van der Waals surface area contributed by atoms with E-state index in [-0.39, 0.29) is 6.61 Å². The summed E-state index contributed by atoms with van der Waals surface area (Å²) in [6, 6.07) is 29.2. The van der Waals surface area contributed by atoms with Crippen molar-refractivity contribution < 1.29 is 5.11 Å². The van der Waals surface area contributed by atoms with Gasteiger partial charge in [-0.2, -0.15) is 0 Å². The summed E-state index contributed by atoms with van der Waals surface area (Å²) in [5, 5.41) is 8.54. The van der Waals surface area contributed by atoms with Crippen LogP contribution >= 0.6 is 11.8 Å². The predicted octanol–water partition coefficient (Wildman–Crippen LogP) is 7.92. The van der Waals surface area contributed by atoms with Gasteiger partial charge in [-0.05, 0) is 48.2 Å². The molecule has 0 fully saturated rings. The molecule has 1 N–H and O–H groups in total. The molecule has 0 heterocycles. The molecule has 0 aliphatic carbocycles. The standard InChI is InChI=1S/C20H26S.C7H8O/c1-2-3-4-5-6-8-11-18-14-16-20(17-15-18)21-19-12-9-7-10-13-19;8-6-7-4-2-1-3-5-7/h7,9-10,12-17H,2-6,8,11H2,1H3;1-5,8H,6H2. The lowest BCUT2D eigenvalue weighted by Gasteiger charge is -2.05. The van der Waals surface area contributed by atoms with Crippen molar-refractivity contribution in [1.29, 1.82) is 0 Å². The molecule has 0 unspecified atom stereocenters. The SMILES string of the molecule is CCCCCCCCc1ccc(Sc2ccccc2)cc1.OCc1ccccc1. The largest absolute Gasteiger partial charge is 0.392 e. The number of aliphatic hydroxyl groups is 1. The van der Waals surface area contributed by atoms with Gasteiger partial charge < -0.3 is 5.11 Å². The molecule has 0 aliphatic rings. The fraction of sp³-hybridized carbons (Fsp3) is 0.333. The fourth-order valence-corrected chi connectivity index (χ4v) is 3.88. The monoisotopic (exact) mass is 406 g/mol. The van der Waals surface area contributed by atoms with Crippen LogP contribution in [0.3, 0.4) is 0 Å². The maximum absolute atomic E-state index is 8.54. The number of aryl methyl sites for hydroxylation is 1. The first-order valence-corrected chi connectivity index (χ1v) is 11.6. The smallest absolute Gasteiger partial charge is 0.0681 e. The molecule has 0 radical (unpaired) electrons. The van der Waals surface area contributed by atoms with E-state index in [1.54, 1.807) is 0 Å². The molecule has 0 amide bonds. The average molecular weight is 407 g/mol. The summed E-state index contributed by atoms with van der Waals surface area (Å²) < 4.78 is 0. The molecular weight excluding hydrogens is 372 g/mol. The Morgan fingerprint density at radius 1 is 0.586 bits per heavy atom. The third-order valence-corrected chi connectivity index (χ3v) is 5.76. The van der Waals surface area contributed by atoms with Crippen molar-refractivity contribution in [2.75, 3.05) is 0 Å². The predicted molar refractivity (Wildman–Crippen MR) is 126 cm³/mol. The second-order valence-electron chi connectivity index (χ2n) is 7.22. The summed E-state index contributed by atoms with van der Waals surface area (Å²) in [4.78, 5) is 2.63. The maximum Gasteiger partial charge on any atom is 0.0681 e. The molecule has 0 spiro atoms. The van der Waals surface area contributed by atoms with Gasteiger partial charge in [0.05, 0.1) is 6.61 Å². The van der Waals surface area contributed by atoms with Crippen LogP contribution in [0.25, 0.3) is 0 Å². The molecule has 29 heavy (non-hydrogen) atoms. The quantitative estimate of drug-likeness (QED) is 0.345. The van der Waals surface area contributed by atoms with Gasteiger partial charge in [0.25, 0.3) is 0 Å². The van der Waals surface area contributed by atoms with E-state index in [2.05, 4.69) is 61.5 Å². The van der Waals surface area contributed by atoms with E-state index in [1.165, 1.54) is 60.3 Å². The zero-order valence-corrected chi connectivity index (χ0v) is 18.4. The van der Waals surface area contributed by atoms with Gasteiger partial charge in [0.2, 0.25) is 0 Å². The Kier molecular flexibility index (Phi) is 11.9. The number of hydrogen-bond acceptors (Lipinski definition) is 2. The second kappa shape index (κ2) is 14.9. The Balaban J connectivity index is 0.000000313. The molecule has 0 saturated carbocycles. The molecule has 0 bridgehead atoms. The van der Waals surface area contributed by atoms with E-state index >= 15 is 0 Å². The molecule has 0 atom stereocenters. The van der Waals surface area contributed by atoms with Crippen molar-refractivity contribution in [2.45, 2.75) is 68.3 Å². The van der Waals surface area contributed by atoms with Crippen molar-refractivity contribution in [2.24, 2.45) is 0 Å². The van der Waals surface area contributed by atoms with Gasteiger partial charge in [-0.25, -0.2) is 0 Å². The molecule has 0 saturated heterocycles. The summed E-state index contributed by atoms with van der Waals surface area (Å²) in [6.07, 6.45) is 9.46. The summed E-state index contributed by atoms with van der Waals surface area (Å²) in [5.74, 6) is 0. The summed E-state index contributed by atoms with van der Waals surface area (Å²) in [6.45, 7) is 2.41. The van der Waals surface area contributed by atoms with E-state index < -0.39 is 0 Å². The lowest BCUT2D eigenvalue weighted by atomic mass is 10.1. The van der Waals surface area contributed by atoms with E-state index in [9.17, 15) is 0 Å². The minimum Gasteiger partial charge on any atom is -0.392 e. The summed E-state index contributed by atoms with van der Waals surface area (Å²) >= 11 is 1.83. The Morgan fingerprint density at radius 2 is 1.14 bits per heavy atom. The molecule has 1 nitrogen and oxygen atoms in total. The van der Waals surface area contributed by atoms with Gasteiger partial charge in [0.15, 0.2) is 0 Å². The first-order chi connectivity index (χ1) is 14.3. The van der Waals surface area contributed by atoms with Crippen LogP contribution in [0.4, 0.5) is 0 Å². The number of benzene rings is 3. The van der Waals surface area contributed by atoms with Crippen LogP contribution in [0.5, 0.6) is 0 Å². The third kappa shape index (κ3) is 10.3. The van der Waals surface area contributed by atoms with Gasteiger partial charge in [-0.3, -0.25) is 0 Å². The highest BCUT2D eigenvalue weighted by atomic mass is 32.2. The zero-order chi connectivity index (χ0) is 20.6. The zero-order valence-electron chi connectivity index (χ0n) is 17.6. The minimum absolute atomic E-state index is 0.140. The van der Waals surface area contributed by atoms with Crippen LogP contribution in [0.15, 0.2) is 94.7 Å². The molecular formula is C27H34OS. The first-order valence-electron chi connectivity index (χ1n) is 10.8. The van der Waals surface area contributed by atoms with Crippen LogP contribution in [-0.2, 0) is 13.0 Å². The topological polar surface area (TPSA) is 20.2 Å². The number of hydrogen-bond donors (Lipinski definition) is 1. The van der Waals surface area contributed by atoms with E-state index in [1.807, 2.05) is 42.1 Å². The Hall–Kier alpha value is -2.03. The fourth-order valence-electron chi connectivity index (χ4n) is 3.04. The van der Waals surface area contributed by atoms with Gasteiger partial charge in [-0.15, -0.1) is 0 Å². The van der Waals surface area contributed by atoms with E-state index in [0.717, 1.165) is 5.56 Å². The average Bonchev–Trinajstić information content (AvgIpc) is 2.79. The van der Waals surface area contributed by atoms with Crippen LogP contribution in [0, 0.1) is 0 Å². The summed E-state index contributed by atoms with van der Waals surface area (Å²) in [7, 11) is 0. The Bertz CT molecular complexity index is 754. The highest BCUT2D eigenvalue weighted by Gasteiger charge is 1.98. The molecule has 3 rings (SSSR count). The van der Waals surface area contributed by atoms with Crippen molar-refractivity contribution in [3.63, 3.8) is 0 Å². The Morgan fingerprint density at radius 3 is 1.72 bits per heavy atom. The highest BCUT2D eigenvalue weighted by Crippen LogP contribution is 2.27. The maximum atomic E-state index is 8.54. The van der Waals surface area contributed by atoms with Crippen molar-refractivity contribution in [3.8, 4) is 0 Å². The van der Waals surface area contributed by atoms with Crippen molar-refractivity contribution >= 4 is 11.8 Å². The molecule has 3 aromatic rings. The molecule has 0 aromatic heterocycles. The van der Waals surface area contributed by atoms with Crippen LogP contribution in [0.1, 0.15) is 56.6 Å². The highest BCUT2D eigenvalue weighted by molar-refractivity contribution is 7.99. The lowest BCUT2D eigenvalue weighted by Crippen LogP contribution is -1.86. The Labute approximate surface area is 181 Å². The first kappa shape index (κ1) is 23.3. The van der Waals surface area contributed by atoms with Gasteiger partial charge >= 0.3 is 0 Å². The molecule has 0 aliphatic heterocycles. The van der Waals surface area contributed by atoms with Crippen LogP contribution in [-0.4, -0.2) is 5.11 Å². The van der Waals surface area contributed by atoms with Crippen LogP contribution < -0.4 is 0 Å². The van der Waals surface area contributed by atoms with E-state index in [4.69, 9.17) is 5.11 Å². The van der Waals surface area contributed by atoms with Gasteiger partial charge in [-0.1, -0.05) is 111 Å². The second-order valence-corrected chi connectivity index (χ2v) is 8.37. The third-order valence-electron chi connectivity index (χ3n) is 4.75. The van der Waals surface area contributed by atoms with Gasteiger partial charge in [0.1, 0.15) is 0 Å². The normalized spacial score (nSPS) is 10.3. The number of unbranched alkanes of at least 4 members (excludes halogenated alkanes) is 5. The minimum atomic E-state index is 0.140. The molecule has 2 heteroatoms. The lowest BCUT2D eigenvalue weighted by molar-refractivity contribution is 0.282. The summed E-state index contributed by atoms with van der Waals surface area (Å²) in [5.41, 5.74) is 2.44. The van der Waals surface area contributed by atoms with Crippen molar-refractivity contribution in [3.05, 3.63) is 96.1 Å². The molecule has 154 valence electrons. The van der Waals surface area contributed by atoms with Crippen molar-refractivity contribution in [1.82, 2.24) is 0 Å². The van der Waals surface area contributed by atoms with Gasteiger partial charge in [0, 0.05) is 9.79 Å². The number of aliphatic hydroxyl groups excluding tert-OH is 1. The van der Waals surface area contributed by atoms with Crippen LogP contribution in [0.2, 0.25) is 0 Å². The molecule has 3 aromatic carbocycles. The van der Waals surface area contributed by atoms with E-state index in [0.29, 0.717) is 0 Å². The number of rotatable bonds is 10.